The number of thioether (sulfide) groups is 1. The third-order valence-electron chi connectivity index (χ3n) is 1.81. The Hall–Kier alpha value is -1.42. The van der Waals surface area contributed by atoms with Gasteiger partial charge in [-0.25, -0.2) is 4.79 Å². The minimum Gasteiger partial charge on any atom is -0.444 e. The molecule has 98 valence electrons. The first-order valence-electron chi connectivity index (χ1n) is 5.81. The summed E-state index contributed by atoms with van der Waals surface area (Å²) in [6.45, 7) is 5.99. The zero-order valence-corrected chi connectivity index (χ0v) is 11.8. The lowest BCUT2D eigenvalue weighted by atomic mass is 10.2. The molecule has 0 unspecified atom stereocenters. The number of benzene rings is 1. The summed E-state index contributed by atoms with van der Waals surface area (Å²) in [5.74, 6) is 0. The van der Waals surface area contributed by atoms with E-state index in [9.17, 15) is 4.79 Å². The van der Waals surface area contributed by atoms with Crippen molar-refractivity contribution < 1.29 is 9.53 Å². The highest BCUT2D eigenvalue weighted by Gasteiger charge is 2.14. The maximum Gasteiger partial charge on any atom is 0.407 e. The Morgan fingerprint density at radius 3 is 2.61 bits per heavy atom. The predicted molar refractivity (Wildman–Crippen MR) is 75.7 cm³/mol. The number of carbonyl (C=O) groups is 1. The average Bonchev–Trinajstić information content (AvgIpc) is 2.27. The molecule has 0 aliphatic rings. The molecule has 0 saturated carbocycles. The molecule has 18 heavy (non-hydrogen) atoms. The minimum atomic E-state index is -0.452. The highest BCUT2D eigenvalue weighted by atomic mass is 32.2. The number of hydrogen-bond acceptors (Lipinski definition) is 3. The third-order valence-corrected chi connectivity index (χ3v) is 2.68. The van der Waals surface area contributed by atoms with Crippen LogP contribution in [0.25, 0.3) is 0 Å². The highest BCUT2D eigenvalue weighted by Crippen LogP contribution is 2.17. The molecule has 0 bridgehead atoms. The number of rotatable bonds is 4. The predicted octanol–water partition coefficient (Wildman–Crippen LogP) is 3.82. The van der Waals surface area contributed by atoms with Crippen LogP contribution in [0.3, 0.4) is 0 Å². The molecular weight excluding hydrogens is 246 g/mol. The van der Waals surface area contributed by atoms with Gasteiger partial charge in [0.25, 0.3) is 0 Å². The van der Waals surface area contributed by atoms with E-state index in [4.69, 9.17) is 4.74 Å². The van der Waals surface area contributed by atoms with Crippen molar-refractivity contribution in [3.63, 3.8) is 0 Å². The molecule has 0 radical (unpaired) electrons. The highest BCUT2D eigenvalue weighted by molar-refractivity contribution is 8.02. The van der Waals surface area contributed by atoms with Crippen LogP contribution >= 0.6 is 11.8 Å². The van der Waals surface area contributed by atoms with Crippen molar-refractivity contribution in [1.29, 1.82) is 0 Å². The van der Waals surface area contributed by atoms with Crippen molar-refractivity contribution in [2.75, 3.05) is 6.54 Å². The Balaban J connectivity index is 2.20. The maximum atomic E-state index is 11.3. The minimum absolute atomic E-state index is 0.392. The van der Waals surface area contributed by atoms with E-state index in [1.165, 1.54) is 4.90 Å². The standard InChI is InChI=1S/C14H19NO2S/c1-14(2,3)17-13(16)15-10-7-11-18-12-8-5-4-6-9-12/h4-9,11H,10H2,1-3H3,(H,15,16). The molecule has 0 aromatic heterocycles. The number of nitrogens with one attached hydrogen (secondary N) is 1. The van der Waals surface area contributed by atoms with Gasteiger partial charge in [0.1, 0.15) is 5.60 Å². The van der Waals surface area contributed by atoms with E-state index in [0.29, 0.717) is 6.54 Å². The fourth-order valence-corrected chi connectivity index (χ4v) is 1.79. The van der Waals surface area contributed by atoms with Gasteiger partial charge in [0, 0.05) is 11.4 Å². The van der Waals surface area contributed by atoms with E-state index in [-0.39, 0.29) is 0 Å². The summed E-state index contributed by atoms with van der Waals surface area (Å²) in [5.41, 5.74) is -0.452. The van der Waals surface area contributed by atoms with Gasteiger partial charge in [-0.05, 0) is 38.3 Å². The van der Waals surface area contributed by atoms with Crippen molar-refractivity contribution in [1.82, 2.24) is 5.32 Å². The summed E-state index contributed by atoms with van der Waals surface area (Å²) >= 11 is 1.61. The van der Waals surface area contributed by atoms with Gasteiger partial charge in [-0.1, -0.05) is 36.0 Å². The van der Waals surface area contributed by atoms with Crippen LogP contribution in [-0.2, 0) is 4.74 Å². The van der Waals surface area contributed by atoms with Crippen LogP contribution in [0.5, 0.6) is 0 Å². The van der Waals surface area contributed by atoms with Crippen LogP contribution in [0.1, 0.15) is 20.8 Å². The summed E-state index contributed by atoms with van der Waals surface area (Å²) in [5, 5.41) is 4.62. The Morgan fingerprint density at radius 2 is 2.00 bits per heavy atom. The summed E-state index contributed by atoms with van der Waals surface area (Å²) < 4.78 is 5.11. The molecule has 1 aromatic carbocycles. The Morgan fingerprint density at radius 1 is 1.33 bits per heavy atom. The van der Waals surface area contributed by atoms with Gasteiger partial charge < -0.3 is 10.1 Å². The Bertz CT molecular complexity index is 396. The summed E-state index contributed by atoms with van der Waals surface area (Å²) in [7, 11) is 0. The number of alkyl carbamates (subject to hydrolysis) is 1. The average molecular weight is 265 g/mol. The monoisotopic (exact) mass is 265 g/mol. The van der Waals surface area contributed by atoms with E-state index >= 15 is 0 Å². The van der Waals surface area contributed by atoms with Gasteiger partial charge in [-0.15, -0.1) is 0 Å². The first kappa shape index (κ1) is 14.6. The molecule has 0 atom stereocenters. The van der Waals surface area contributed by atoms with Gasteiger partial charge in [0.15, 0.2) is 0 Å². The quantitative estimate of drug-likeness (QED) is 0.841. The SMILES string of the molecule is CC(C)(C)OC(=O)NCC=CSc1ccccc1. The van der Waals surface area contributed by atoms with E-state index in [2.05, 4.69) is 5.32 Å². The molecule has 0 saturated heterocycles. The molecule has 4 heteroatoms. The van der Waals surface area contributed by atoms with Crippen molar-refractivity contribution >= 4 is 17.9 Å². The van der Waals surface area contributed by atoms with Gasteiger partial charge in [0.05, 0.1) is 0 Å². The second kappa shape index (κ2) is 7.11. The molecule has 1 N–H and O–H groups in total. The van der Waals surface area contributed by atoms with Crippen molar-refractivity contribution in [3.05, 3.63) is 41.8 Å². The summed E-state index contributed by atoms with van der Waals surface area (Å²) in [4.78, 5) is 12.5. The number of hydrogen-bond donors (Lipinski definition) is 1. The topological polar surface area (TPSA) is 38.3 Å². The van der Waals surface area contributed by atoms with Gasteiger partial charge >= 0.3 is 6.09 Å². The zero-order valence-electron chi connectivity index (χ0n) is 11.0. The summed E-state index contributed by atoms with van der Waals surface area (Å²) in [6, 6.07) is 10.1. The van der Waals surface area contributed by atoms with Crippen LogP contribution in [0.2, 0.25) is 0 Å². The van der Waals surface area contributed by atoms with Gasteiger partial charge in [0.2, 0.25) is 0 Å². The van der Waals surface area contributed by atoms with Crippen LogP contribution in [0.15, 0.2) is 46.7 Å². The smallest absolute Gasteiger partial charge is 0.407 e. The normalized spacial score (nSPS) is 11.5. The van der Waals surface area contributed by atoms with E-state index in [1.807, 2.05) is 62.6 Å². The lowest BCUT2D eigenvalue weighted by Gasteiger charge is -2.19. The molecule has 0 aliphatic carbocycles. The fraction of sp³-hybridized carbons (Fsp3) is 0.357. The molecule has 1 amide bonds. The molecule has 0 aliphatic heterocycles. The number of carbonyl (C=O) groups excluding carboxylic acids is 1. The van der Waals surface area contributed by atoms with Crippen LogP contribution in [0.4, 0.5) is 4.79 Å². The maximum absolute atomic E-state index is 11.3. The second-order valence-corrected chi connectivity index (χ2v) is 5.66. The molecule has 0 heterocycles. The largest absolute Gasteiger partial charge is 0.444 e. The number of ether oxygens (including phenoxy) is 1. The Labute approximate surface area is 113 Å². The van der Waals surface area contributed by atoms with E-state index in [1.54, 1.807) is 11.8 Å². The molecule has 3 nitrogen and oxygen atoms in total. The van der Waals surface area contributed by atoms with Crippen LogP contribution in [0, 0.1) is 0 Å². The van der Waals surface area contributed by atoms with Crippen molar-refractivity contribution in [3.8, 4) is 0 Å². The third kappa shape index (κ3) is 7.01. The van der Waals surface area contributed by atoms with Crippen LogP contribution < -0.4 is 5.32 Å². The van der Waals surface area contributed by atoms with Crippen molar-refractivity contribution in [2.45, 2.75) is 31.3 Å². The Kier molecular flexibility index (Phi) is 5.78. The number of amides is 1. The molecule has 0 fully saturated rings. The zero-order chi connectivity index (χ0) is 13.4. The first-order chi connectivity index (χ1) is 8.47. The van der Waals surface area contributed by atoms with Gasteiger partial charge in [-0.2, -0.15) is 0 Å². The fourth-order valence-electron chi connectivity index (χ4n) is 1.13. The van der Waals surface area contributed by atoms with Gasteiger partial charge in [-0.3, -0.25) is 0 Å². The molecular formula is C14H19NO2S. The summed E-state index contributed by atoms with van der Waals surface area (Å²) in [6.07, 6.45) is 1.50. The second-order valence-electron chi connectivity index (χ2n) is 4.69. The lowest BCUT2D eigenvalue weighted by molar-refractivity contribution is 0.0534. The van der Waals surface area contributed by atoms with Crippen LogP contribution in [-0.4, -0.2) is 18.2 Å². The first-order valence-corrected chi connectivity index (χ1v) is 6.69. The molecule has 0 spiro atoms. The molecule has 1 aromatic rings. The lowest BCUT2D eigenvalue weighted by Crippen LogP contribution is -2.32. The van der Waals surface area contributed by atoms with E-state index in [0.717, 1.165) is 0 Å². The van der Waals surface area contributed by atoms with E-state index < -0.39 is 11.7 Å². The molecule has 1 rings (SSSR count). The van der Waals surface area contributed by atoms with Crippen molar-refractivity contribution in [2.24, 2.45) is 0 Å².